The van der Waals surface area contributed by atoms with Crippen molar-refractivity contribution in [2.45, 2.75) is 125 Å². The maximum Gasteiger partial charge on any atom is 0.309 e. The Kier molecular flexibility index (Phi) is 10.2. The van der Waals surface area contributed by atoms with Crippen LogP contribution in [0.25, 0.3) is 0 Å². The van der Waals surface area contributed by atoms with Crippen molar-refractivity contribution in [3.63, 3.8) is 0 Å². The first-order chi connectivity index (χ1) is 16.9. The molecule has 2 atom stereocenters. The second-order valence-electron chi connectivity index (χ2n) is 13.7. The molecule has 2 aliphatic rings. The van der Waals surface area contributed by atoms with Crippen LogP contribution in [0.4, 0.5) is 0 Å². The molecule has 0 fully saturated rings. The number of aliphatic hydroxyl groups excluding tert-OH is 2. The first kappa shape index (κ1) is 31.5. The Morgan fingerprint density at radius 2 is 1.11 bits per heavy atom. The monoisotopic (exact) mass is 516 g/mol. The molecule has 5 nitrogen and oxygen atoms in total. The van der Waals surface area contributed by atoms with Gasteiger partial charge in [0.25, 0.3) is 0 Å². The zero-order chi connectivity index (χ0) is 28.2. The fraction of sp³-hybridized carbons (Fsp3) is 0.719. The van der Waals surface area contributed by atoms with Crippen LogP contribution in [-0.4, -0.2) is 46.2 Å². The molecule has 0 amide bonds. The molecule has 0 aliphatic heterocycles. The van der Waals surface area contributed by atoms with Gasteiger partial charge < -0.3 is 20.1 Å². The summed E-state index contributed by atoms with van der Waals surface area (Å²) in [4.78, 5) is 11.5. The number of hydrogen-bond donors (Lipinski definition) is 3. The Morgan fingerprint density at radius 1 is 0.757 bits per heavy atom. The standard InChI is InChI=1S/C32H52O5/c1-29(2)18-22(12-10-16-31(5,6)28(35)36)26(33)24(20-29)14-15-25-21-30(3,4)19-23(27(25)34)13-11-17-32(7,8)37-9/h18-21,26-27,33-34H,10-17H2,1-9H3,(H,35,36). The van der Waals surface area contributed by atoms with E-state index in [1.807, 2.05) is 0 Å². The minimum atomic E-state index is -0.787. The number of carbonyl (C=O) groups is 1. The van der Waals surface area contributed by atoms with Crippen molar-refractivity contribution in [1.82, 2.24) is 0 Å². The van der Waals surface area contributed by atoms with Gasteiger partial charge in [-0.1, -0.05) is 52.0 Å². The van der Waals surface area contributed by atoms with E-state index in [9.17, 15) is 20.1 Å². The van der Waals surface area contributed by atoms with Crippen molar-refractivity contribution in [3.8, 4) is 0 Å². The van der Waals surface area contributed by atoms with E-state index in [-0.39, 0.29) is 16.4 Å². The van der Waals surface area contributed by atoms with Crippen LogP contribution in [0.2, 0.25) is 0 Å². The lowest BCUT2D eigenvalue weighted by atomic mass is 9.74. The number of ether oxygens (including phenoxy) is 1. The summed E-state index contributed by atoms with van der Waals surface area (Å²) < 4.78 is 5.55. The van der Waals surface area contributed by atoms with Gasteiger partial charge in [-0.05, 0) is 101 Å². The molecule has 2 unspecified atom stereocenters. The zero-order valence-electron chi connectivity index (χ0n) is 24.8. The van der Waals surface area contributed by atoms with Crippen molar-refractivity contribution in [2.75, 3.05) is 7.11 Å². The average Bonchev–Trinajstić information content (AvgIpc) is 2.76. The lowest BCUT2D eigenvalue weighted by molar-refractivity contribution is -0.147. The predicted molar refractivity (Wildman–Crippen MR) is 151 cm³/mol. The molecule has 5 heteroatoms. The molecule has 0 bridgehead atoms. The summed E-state index contributed by atoms with van der Waals surface area (Å²) in [5.41, 5.74) is 2.83. The summed E-state index contributed by atoms with van der Waals surface area (Å²) in [6.45, 7) is 16.3. The van der Waals surface area contributed by atoms with Crippen LogP contribution < -0.4 is 0 Å². The Labute approximate surface area is 225 Å². The van der Waals surface area contributed by atoms with Crippen molar-refractivity contribution in [3.05, 3.63) is 46.6 Å². The Morgan fingerprint density at radius 3 is 1.46 bits per heavy atom. The second-order valence-corrected chi connectivity index (χ2v) is 13.7. The summed E-state index contributed by atoms with van der Waals surface area (Å²) in [7, 11) is 1.74. The molecule has 0 heterocycles. The maximum absolute atomic E-state index is 11.5. The quantitative estimate of drug-likeness (QED) is 0.226. The molecule has 210 valence electrons. The molecule has 0 saturated heterocycles. The lowest BCUT2D eigenvalue weighted by Crippen LogP contribution is -2.27. The van der Waals surface area contributed by atoms with Gasteiger partial charge in [-0.2, -0.15) is 0 Å². The van der Waals surface area contributed by atoms with Gasteiger partial charge in [-0.15, -0.1) is 0 Å². The number of rotatable bonds is 13. The number of methoxy groups -OCH3 is 1. The fourth-order valence-electron chi connectivity index (χ4n) is 5.57. The third kappa shape index (κ3) is 9.23. The van der Waals surface area contributed by atoms with Gasteiger partial charge >= 0.3 is 5.97 Å². The summed E-state index contributed by atoms with van der Waals surface area (Å²) in [5, 5.41) is 31.8. The number of hydrogen-bond acceptors (Lipinski definition) is 4. The second kappa shape index (κ2) is 12.0. The normalized spacial score (nSPS) is 23.6. The van der Waals surface area contributed by atoms with E-state index >= 15 is 0 Å². The van der Waals surface area contributed by atoms with Crippen LogP contribution in [0.3, 0.4) is 0 Å². The van der Waals surface area contributed by atoms with E-state index in [1.54, 1.807) is 21.0 Å². The van der Waals surface area contributed by atoms with Crippen LogP contribution in [0.15, 0.2) is 46.6 Å². The minimum absolute atomic E-state index is 0.124. The van der Waals surface area contributed by atoms with Gasteiger partial charge in [0.1, 0.15) is 0 Å². The van der Waals surface area contributed by atoms with E-state index < -0.39 is 23.6 Å². The molecule has 0 aromatic carbocycles. The van der Waals surface area contributed by atoms with Crippen LogP contribution in [0, 0.1) is 16.2 Å². The van der Waals surface area contributed by atoms with Crippen molar-refractivity contribution < 1.29 is 24.9 Å². The topological polar surface area (TPSA) is 87.0 Å². The first-order valence-electron chi connectivity index (χ1n) is 13.9. The van der Waals surface area contributed by atoms with Crippen LogP contribution >= 0.6 is 0 Å². The van der Waals surface area contributed by atoms with Gasteiger partial charge in [0.2, 0.25) is 0 Å². The SMILES string of the molecule is COC(C)(C)CCCC1=CC(C)(C)C=C(CCC2=CC(C)(C)C=C(CCCC(C)(C)C(=O)O)C2O)C1O. The molecule has 37 heavy (non-hydrogen) atoms. The molecule has 3 N–H and O–H groups in total. The predicted octanol–water partition coefficient (Wildman–Crippen LogP) is 7.15. The smallest absolute Gasteiger partial charge is 0.309 e. The van der Waals surface area contributed by atoms with E-state index in [0.717, 1.165) is 48.0 Å². The lowest BCUT2D eigenvalue weighted by Gasteiger charge is -2.33. The molecule has 0 spiro atoms. The largest absolute Gasteiger partial charge is 0.481 e. The molecule has 2 aliphatic carbocycles. The summed E-state index contributed by atoms with van der Waals surface area (Å²) >= 11 is 0. The third-order valence-electron chi connectivity index (χ3n) is 7.98. The van der Waals surface area contributed by atoms with E-state index in [2.05, 4.69) is 65.8 Å². The maximum atomic E-state index is 11.5. The summed E-state index contributed by atoms with van der Waals surface area (Å²) in [6.07, 6.45) is 13.5. The number of carboxylic acid groups (broad SMARTS) is 1. The van der Waals surface area contributed by atoms with Crippen LogP contribution in [-0.2, 0) is 9.53 Å². The molecular formula is C32H52O5. The van der Waals surface area contributed by atoms with E-state index in [1.165, 1.54) is 0 Å². The van der Waals surface area contributed by atoms with Gasteiger partial charge in [0.15, 0.2) is 0 Å². The number of allylic oxidation sites excluding steroid dienone is 4. The Balaban J connectivity index is 2.05. The molecule has 0 aromatic heterocycles. The highest BCUT2D eigenvalue weighted by Crippen LogP contribution is 2.40. The number of aliphatic carboxylic acids is 1. The van der Waals surface area contributed by atoms with Crippen LogP contribution in [0.1, 0.15) is 107 Å². The van der Waals surface area contributed by atoms with Gasteiger partial charge in [-0.25, -0.2) is 0 Å². The molecule has 0 saturated carbocycles. The van der Waals surface area contributed by atoms with E-state index in [4.69, 9.17) is 4.74 Å². The molecule has 2 rings (SSSR count). The van der Waals surface area contributed by atoms with Gasteiger partial charge in [0, 0.05) is 17.9 Å². The van der Waals surface area contributed by atoms with Gasteiger partial charge in [-0.3, -0.25) is 4.79 Å². The van der Waals surface area contributed by atoms with Crippen molar-refractivity contribution in [2.24, 2.45) is 16.2 Å². The fourth-order valence-corrected chi connectivity index (χ4v) is 5.57. The van der Waals surface area contributed by atoms with Crippen molar-refractivity contribution in [1.29, 1.82) is 0 Å². The molecular weight excluding hydrogens is 464 g/mol. The van der Waals surface area contributed by atoms with Crippen molar-refractivity contribution >= 4 is 5.97 Å². The third-order valence-corrected chi connectivity index (χ3v) is 7.98. The molecule has 0 aromatic rings. The minimum Gasteiger partial charge on any atom is -0.481 e. The number of carboxylic acids is 1. The van der Waals surface area contributed by atoms with E-state index in [0.29, 0.717) is 25.7 Å². The Bertz CT molecular complexity index is 942. The summed E-state index contributed by atoms with van der Waals surface area (Å²) in [5.74, 6) is -0.787. The summed E-state index contributed by atoms with van der Waals surface area (Å²) in [6, 6.07) is 0. The first-order valence-corrected chi connectivity index (χ1v) is 13.9. The molecule has 0 radical (unpaired) electrons. The zero-order valence-corrected chi connectivity index (χ0v) is 24.8. The van der Waals surface area contributed by atoms with Gasteiger partial charge in [0.05, 0.1) is 23.2 Å². The highest BCUT2D eigenvalue weighted by atomic mass is 16.5. The number of aliphatic hydroxyl groups is 2. The average molecular weight is 517 g/mol. The Hall–Kier alpha value is -1.69. The highest BCUT2D eigenvalue weighted by Gasteiger charge is 2.31. The van der Waals surface area contributed by atoms with Crippen LogP contribution in [0.5, 0.6) is 0 Å². The highest BCUT2D eigenvalue weighted by molar-refractivity contribution is 5.73.